The Labute approximate surface area is 112 Å². The van der Waals surface area contributed by atoms with Crippen LogP contribution in [0, 0.1) is 18.3 Å². The number of aromatic nitrogens is 2. The molecule has 0 saturated heterocycles. The first-order chi connectivity index (χ1) is 9.21. The summed E-state index contributed by atoms with van der Waals surface area (Å²) in [6.45, 7) is 3.95. The molecule has 4 heteroatoms. The quantitative estimate of drug-likeness (QED) is 0.837. The minimum Gasteiger partial charge on any atom is -0.424 e. The Morgan fingerprint density at radius 2 is 1.95 bits per heavy atom. The summed E-state index contributed by atoms with van der Waals surface area (Å²) in [5, 5.41) is 8.85. The molecule has 4 nitrogen and oxygen atoms in total. The highest BCUT2D eigenvalue weighted by Gasteiger charge is 2.04. The average molecular weight is 253 g/mol. The molecule has 2 rings (SSSR count). The molecule has 0 bridgehead atoms. The van der Waals surface area contributed by atoms with E-state index in [2.05, 4.69) is 16.9 Å². The van der Waals surface area contributed by atoms with Gasteiger partial charge in [-0.05, 0) is 37.1 Å². The van der Waals surface area contributed by atoms with E-state index in [1.54, 1.807) is 13.0 Å². The molecule has 0 N–H and O–H groups in total. The standard InChI is InChI=1S/C15H15N3O/c1-3-4-12-5-7-14(8-6-12)19-15-17-11(2)9-13(10-16)18-15/h5-9H,3-4H2,1-2H3. The highest BCUT2D eigenvalue weighted by Crippen LogP contribution is 2.19. The molecule has 0 saturated carbocycles. The van der Waals surface area contributed by atoms with Gasteiger partial charge in [-0.15, -0.1) is 0 Å². The van der Waals surface area contributed by atoms with Crippen LogP contribution in [0.4, 0.5) is 0 Å². The lowest BCUT2D eigenvalue weighted by molar-refractivity contribution is 0.439. The first-order valence-electron chi connectivity index (χ1n) is 6.24. The molecular formula is C15H15N3O. The molecule has 96 valence electrons. The van der Waals surface area contributed by atoms with Crippen molar-refractivity contribution in [2.75, 3.05) is 0 Å². The van der Waals surface area contributed by atoms with Gasteiger partial charge in [-0.1, -0.05) is 25.5 Å². The minimum absolute atomic E-state index is 0.208. The van der Waals surface area contributed by atoms with Crippen LogP contribution in [0.5, 0.6) is 11.8 Å². The lowest BCUT2D eigenvalue weighted by atomic mass is 10.1. The molecule has 19 heavy (non-hydrogen) atoms. The van der Waals surface area contributed by atoms with Crippen LogP contribution >= 0.6 is 0 Å². The smallest absolute Gasteiger partial charge is 0.323 e. The van der Waals surface area contributed by atoms with E-state index in [4.69, 9.17) is 10.00 Å². The van der Waals surface area contributed by atoms with Crippen LogP contribution in [0.25, 0.3) is 0 Å². The summed E-state index contributed by atoms with van der Waals surface area (Å²) in [5.74, 6) is 0.675. The van der Waals surface area contributed by atoms with E-state index in [0.29, 0.717) is 17.1 Å². The van der Waals surface area contributed by atoms with Crippen LogP contribution in [0.2, 0.25) is 0 Å². The second kappa shape index (κ2) is 5.96. The highest BCUT2D eigenvalue weighted by molar-refractivity contribution is 5.30. The Balaban J connectivity index is 2.17. The third-order valence-corrected chi connectivity index (χ3v) is 2.62. The van der Waals surface area contributed by atoms with E-state index in [1.807, 2.05) is 30.3 Å². The number of nitrogens with zero attached hydrogens (tertiary/aromatic N) is 3. The van der Waals surface area contributed by atoms with Crippen molar-refractivity contribution in [1.82, 2.24) is 9.97 Å². The van der Waals surface area contributed by atoms with Crippen molar-refractivity contribution >= 4 is 0 Å². The van der Waals surface area contributed by atoms with Crippen molar-refractivity contribution in [3.63, 3.8) is 0 Å². The molecule has 1 heterocycles. The predicted octanol–water partition coefficient (Wildman–Crippen LogP) is 3.40. The fourth-order valence-corrected chi connectivity index (χ4v) is 1.76. The van der Waals surface area contributed by atoms with E-state index >= 15 is 0 Å². The molecule has 2 aromatic rings. The van der Waals surface area contributed by atoms with Gasteiger partial charge in [0.25, 0.3) is 0 Å². The molecule has 0 spiro atoms. The minimum atomic E-state index is 0.208. The third kappa shape index (κ3) is 3.52. The maximum atomic E-state index is 8.85. The molecule has 1 aromatic heterocycles. The maximum Gasteiger partial charge on any atom is 0.323 e. The molecule has 0 aliphatic carbocycles. The maximum absolute atomic E-state index is 8.85. The summed E-state index contributed by atoms with van der Waals surface area (Å²) in [5.41, 5.74) is 2.30. The Bertz CT molecular complexity index is 600. The number of ether oxygens (including phenoxy) is 1. The molecule has 0 aliphatic heterocycles. The van der Waals surface area contributed by atoms with E-state index in [0.717, 1.165) is 12.8 Å². The monoisotopic (exact) mass is 253 g/mol. The SMILES string of the molecule is CCCc1ccc(Oc2nc(C)cc(C#N)n2)cc1. The van der Waals surface area contributed by atoms with Gasteiger partial charge in [0.15, 0.2) is 0 Å². The third-order valence-electron chi connectivity index (χ3n) is 2.62. The van der Waals surface area contributed by atoms with Gasteiger partial charge in [0.1, 0.15) is 17.5 Å². The summed E-state index contributed by atoms with van der Waals surface area (Å²) in [6, 6.07) is 11.7. The van der Waals surface area contributed by atoms with E-state index in [1.165, 1.54) is 5.56 Å². The summed E-state index contributed by atoms with van der Waals surface area (Å²) >= 11 is 0. The second-order valence-corrected chi connectivity index (χ2v) is 4.28. The van der Waals surface area contributed by atoms with Gasteiger partial charge in [-0.2, -0.15) is 10.2 Å². The summed E-state index contributed by atoms with van der Waals surface area (Å²) in [4.78, 5) is 8.16. The topological polar surface area (TPSA) is 58.8 Å². The second-order valence-electron chi connectivity index (χ2n) is 4.28. The molecule has 0 radical (unpaired) electrons. The molecule has 0 aliphatic rings. The number of hydrogen-bond donors (Lipinski definition) is 0. The van der Waals surface area contributed by atoms with Gasteiger partial charge in [0.05, 0.1) is 0 Å². The van der Waals surface area contributed by atoms with Crippen molar-refractivity contribution in [2.45, 2.75) is 26.7 Å². The average Bonchev–Trinajstić information content (AvgIpc) is 2.40. The summed E-state index contributed by atoms with van der Waals surface area (Å²) in [6.07, 6.45) is 2.17. The lowest BCUT2D eigenvalue weighted by Gasteiger charge is -2.05. The first kappa shape index (κ1) is 13.0. The fourth-order valence-electron chi connectivity index (χ4n) is 1.76. The zero-order valence-electron chi connectivity index (χ0n) is 11.1. The van der Waals surface area contributed by atoms with Crippen molar-refractivity contribution in [3.05, 3.63) is 47.3 Å². The zero-order chi connectivity index (χ0) is 13.7. The largest absolute Gasteiger partial charge is 0.424 e. The molecule has 0 fully saturated rings. The molecule has 1 aromatic carbocycles. The van der Waals surface area contributed by atoms with Crippen molar-refractivity contribution in [2.24, 2.45) is 0 Å². The van der Waals surface area contributed by atoms with Crippen molar-refractivity contribution < 1.29 is 4.74 Å². The molecule has 0 amide bonds. The lowest BCUT2D eigenvalue weighted by Crippen LogP contribution is -1.96. The number of rotatable bonds is 4. The normalized spacial score (nSPS) is 9.95. The Hall–Kier alpha value is -2.41. The molecular weight excluding hydrogens is 238 g/mol. The molecule has 0 atom stereocenters. The first-order valence-corrected chi connectivity index (χ1v) is 6.24. The van der Waals surface area contributed by atoms with Gasteiger partial charge in [-0.3, -0.25) is 0 Å². The number of benzene rings is 1. The van der Waals surface area contributed by atoms with Crippen LogP contribution in [0.3, 0.4) is 0 Å². The van der Waals surface area contributed by atoms with Gasteiger partial charge in [0, 0.05) is 5.69 Å². The summed E-state index contributed by atoms with van der Waals surface area (Å²) < 4.78 is 5.56. The van der Waals surface area contributed by atoms with Crippen LogP contribution in [0.1, 0.15) is 30.3 Å². The fraction of sp³-hybridized carbons (Fsp3) is 0.267. The van der Waals surface area contributed by atoms with Crippen molar-refractivity contribution in [1.29, 1.82) is 5.26 Å². The van der Waals surface area contributed by atoms with E-state index in [-0.39, 0.29) is 6.01 Å². The summed E-state index contributed by atoms with van der Waals surface area (Å²) in [7, 11) is 0. The Morgan fingerprint density at radius 3 is 2.58 bits per heavy atom. The van der Waals surface area contributed by atoms with Crippen LogP contribution < -0.4 is 4.74 Å². The van der Waals surface area contributed by atoms with Crippen LogP contribution in [0.15, 0.2) is 30.3 Å². The highest BCUT2D eigenvalue weighted by atomic mass is 16.5. The van der Waals surface area contributed by atoms with Gasteiger partial charge >= 0.3 is 6.01 Å². The van der Waals surface area contributed by atoms with Gasteiger partial charge in [0.2, 0.25) is 0 Å². The molecule has 0 unspecified atom stereocenters. The van der Waals surface area contributed by atoms with E-state index < -0.39 is 0 Å². The predicted molar refractivity (Wildman–Crippen MR) is 72.0 cm³/mol. The van der Waals surface area contributed by atoms with Crippen LogP contribution in [-0.2, 0) is 6.42 Å². The van der Waals surface area contributed by atoms with Crippen LogP contribution in [-0.4, -0.2) is 9.97 Å². The van der Waals surface area contributed by atoms with Gasteiger partial charge in [-0.25, -0.2) is 4.98 Å². The number of aryl methyl sites for hydroxylation is 2. The number of nitriles is 1. The zero-order valence-corrected chi connectivity index (χ0v) is 11.1. The van der Waals surface area contributed by atoms with Crippen molar-refractivity contribution in [3.8, 4) is 17.8 Å². The Morgan fingerprint density at radius 1 is 1.21 bits per heavy atom. The Kier molecular flexibility index (Phi) is 4.09. The van der Waals surface area contributed by atoms with E-state index in [9.17, 15) is 0 Å². The number of hydrogen-bond acceptors (Lipinski definition) is 4. The van der Waals surface area contributed by atoms with Gasteiger partial charge < -0.3 is 4.74 Å².